The fourth-order valence-electron chi connectivity index (χ4n) is 1.37. The summed E-state index contributed by atoms with van der Waals surface area (Å²) in [6.07, 6.45) is 2.44. The number of aliphatic hydroxyl groups excluding tert-OH is 1. The quantitative estimate of drug-likeness (QED) is 0.612. The zero-order chi connectivity index (χ0) is 8.97. The summed E-state index contributed by atoms with van der Waals surface area (Å²) < 4.78 is 5.03. The summed E-state index contributed by atoms with van der Waals surface area (Å²) in [6, 6.07) is 0. The predicted molar refractivity (Wildman–Crippen MR) is 43.8 cm³/mol. The normalized spacial score (nSPS) is 29.5. The van der Waals surface area contributed by atoms with Gasteiger partial charge in [0.15, 0.2) is 0 Å². The third-order valence-corrected chi connectivity index (χ3v) is 2.12. The van der Waals surface area contributed by atoms with E-state index in [2.05, 4.69) is 5.32 Å². The average Bonchev–Trinajstić information content (AvgIpc) is 2.09. The lowest BCUT2D eigenvalue weighted by Crippen LogP contribution is -2.30. The van der Waals surface area contributed by atoms with Crippen molar-refractivity contribution in [2.45, 2.75) is 37.9 Å². The van der Waals surface area contributed by atoms with Gasteiger partial charge in [-0.05, 0) is 25.7 Å². The maximum absolute atomic E-state index is 10.8. The van der Waals surface area contributed by atoms with Crippen LogP contribution in [0, 0.1) is 0 Å². The summed E-state index contributed by atoms with van der Waals surface area (Å²) in [7, 11) is 1.54. The van der Waals surface area contributed by atoms with Gasteiger partial charge in [-0.3, -0.25) is 0 Å². The molecule has 4 nitrogen and oxygen atoms in total. The average molecular weight is 173 g/mol. The highest BCUT2D eigenvalue weighted by atomic mass is 16.6. The van der Waals surface area contributed by atoms with Crippen molar-refractivity contribution in [1.82, 2.24) is 5.32 Å². The monoisotopic (exact) mass is 173 g/mol. The van der Waals surface area contributed by atoms with Crippen molar-refractivity contribution in [3.63, 3.8) is 0 Å². The highest BCUT2D eigenvalue weighted by Gasteiger charge is 2.21. The van der Waals surface area contributed by atoms with E-state index in [9.17, 15) is 4.79 Å². The van der Waals surface area contributed by atoms with Crippen LogP contribution in [0.25, 0.3) is 0 Å². The number of hydrogen-bond donors (Lipinski definition) is 2. The van der Waals surface area contributed by atoms with E-state index in [1.165, 1.54) is 0 Å². The van der Waals surface area contributed by atoms with E-state index in [-0.39, 0.29) is 18.3 Å². The molecule has 0 unspecified atom stereocenters. The van der Waals surface area contributed by atoms with E-state index in [4.69, 9.17) is 9.84 Å². The molecule has 1 amide bonds. The molecular weight excluding hydrogens is 158 g/mol. The van der Waals surface area contributed by atoms with Crippen LogP contribution >= 0.6 is 0 Å². The van der Waals surface area contributed by atoms with Gasteiger partial charge < -0.3 is 15.2 Å². The van der Waals surface area contributed by atoms with Crippen LogP contribution in [0.1, 0.15) is 25.7 Å². The Morgan fingerprint density at radius 3 is 2.50 bits per heavy atom. The number of carbonyl (C=O) groups is 1. The summed E-state index contributed by atoms with van der Waals surface area (Å²) in [4.78, 5) is 10.8. The third-order valence-electron chi connectivity index (χ3n) is 2.12. The van der Waals surface area contributed by atoms with Gasteiger partial charge in [-0.1, -0.05) is 0 Å². The third kappa shape index (κ3) is 2.70. The van der Waals surface area contributed by atoms with E-state index in [1.54, 1.807) is 7.05 Å². The molecule has 1 saturated carbocycles. The molecule has 1 fully saturated rings. The van der Waals surface area contributed by atoms with Crippen LogP contribution in [0.15, 0.2) is 0 Å². The van der Waals surface area contributed by atoms with Crippen molar-refractivity contribution in [2.24, 2.45) is 0 Å². The minimum absolute atomic E-state index is 0.00616. The Bertz CT molecular complexity index is 152. The Kier molecular flexibility index (Phi) is 3.34. The molecule has 1 rings (SSSR count). The molecule has 0 saturated heterocycles. The number of ether oxygens (including phenoxy) is 1. The van der Waals surface area contributed by atoms with Crippen LogP contribution in [0.2, 0.25) is 0 Å². The van der Waals surface area contributed by atoms with Crippen molar-refractivity contribution in [1.29, 1.82) is 0 Å². The minimum Gasteiger partial charge on any atom is -0.446 e. The number of alkyl carbamates (subject to hydrolysis) is 1. The molecule has 0 radical (unpaired) electrons. The topological polar surface area (TPSA) is 58.6 Å². The van der Waals surface area contributed by atoms with Crippen LogP contribution in [0.5, 0.6) is 0 Å². The molecule has 4 heteroatoms. The smallest absolute Gasteiger partial charge is 0.407 e. The van der Waals surface area contributed by atoms with E-state index in [0.717, 1.165) is 25.7 Å². The van der Waals surface area contributed by atoms with Gasteiger partial charge in [0.05, 0.1) is 6.10 Å². The first-order valence-electron chi connectivity index (χ1n) is 4.29. The second-order valence-electron chi connectivity index (χ2n) is 3.09. The highest BCUT2D eigenvalue weighted by Crippen LogP contribution is 2.20. The zero-order valence-corrected chi connectivity index (χ0v) is 7.25. The summed E-state index contributed by atoms with van der Waals surface area (Å²) in [5.74, 6) is 0. The van der Waals surface area contributed by atoms with Gasteiger partial charge in [0.25, 0.3) is 0 Å². The van der Waals surface area contributed by atoms with Gasteiger partial charge in [-0.15, -0.1) is 0 Å². The number of hydrogen-bond acceptors (Lipinski definition) is 3. The van der Waals surface area contributed by atoms with Crippen LogP contribution in [-0.2, 0) is 4.74 Å². The molecule has 12 heavy (non-hydrogen) atoms. The van der Waals surface area contributed by atoms with Gasteiger partial charge in [0.1, 0.15) is 6.10 Å². The molecule has 70 valence electrons. The largest absolute Gasteiger partial charge is 0.446 e. The Morgan fingerprint density at radius 1 is 1.42 bits per heavy atom. The van der Waals surface area contributed by atoms with Crippen molar-refractivity contribution in [3.05, 3.63) is 0 Å². The molecule has 0 heterocycles. The lowest BCUT2D eigenvalue weighted by molar-refractivity contribution is 0.0350. The first-order chi connectivity index (χ1) is 5.72. The highest BCUT2D eigenvalue weighted by molar-refractivity contribution is 5.66. The number of carbonyl (C=O) groups excluding carboxylic acids is 1. The molecule has 0 aromatic heterocycles. The minimum atomic E-state index is -0.378. The summed E-state index contributed by atoms with van der Waals surface area (Å²) in [6.45, 7) is 0. The first-order valence-corrected chi connectivity index (χ1v) is 4.29. The fraction of sp³-hybridized carbons (Fsp3) is 0.875. The summed E-state index contributed by atoms with van der Waals surface area (Å²) in [5, 5.41) is 11.6. The van der Waals surface area contributed by atoms with Crippen molar-refractivity contribution in [2.75, 3.05) is 7.05 Å². The van der Waals surface area contributed by atoms with Gasteiger partial charge in [-0.2, -0.15) is 0 Å². The molecule has 1 aliphatic rings. The van der Waals surface area contributed by atoms with Crippen molar-refractivity contribution < 1.29 is 14.6 Å². The summed E-state index contributed by atoms with van der Waals surface area (Å²) >= 11 is 0. The zero-order valence-electron chi connectivity index (χ0n) is 7.25. The molecule has 0 aromatic carbocycles. The van der Waals surface area contributed by atoms with Crippen molar-refractivity contribution >= 4 is 6.09 Å². The molecule has 1 aliphatic carbocycles. The predicted octanol–water partition coefficient (Wildman–Crippen LogP) is 0.646. The van der Waals surface area contributed by atoms with Crippen molar-refractivity contribution in [3.8, 4) is 0 Å². The van der Waals surface area contributed by atoms with Gasteiger partial charge in [0, 0.05) is 7.05 Å². The van der Waals surface area contributed by atoms with Gasteiger partial charge in [0.2, 0.25) is 0 Å². The molecular formula is C8H15NO3. The van der Waals surface area contributed by atoms with Crippen LogP contribution in [-0.4, -0.2) is 30.5 Å². The number of rotatable bonds is 1. The molecule has 0 aromatic rings. The Morgan fingerprint density at radius 2 is 2.00 bits per heavy atom. The Hall–Kier alpha value is -0.770. The fourth-order valence-corrected chi connectivity index (χ4v) is 1.37. The van der Waals surface area contributed by atoms with E-state index in [0.29, 0.717) is 0 Å². The first kappa shape index (κ1) is 9.32. The molecule has 0 atom stereocenters. The van der Waals surface area contributed by atoms with E-state index < -0.39 is 0 Å². The maximum atomic E-state index is 10.8. The Balaban J connectivity index is 2.21. The van der Waals surface area contributed by atoms with E-state index in [1.807, 2.05) is 0 Å². The lowest BCUT2D eigenvalue weighted by atomic mass is 9.95. The van der Waals surface area contributed by atoms with Gasteiger partial charge >= 0.3 is 6.09 Å². The molecule has 0 spiro atoms. The van der Waals surface area contributed by atoms with Crippen LogP contribution in [0.4, 0.5) is 4.79 Å². The Labute approximate surface area is 71.9 Å². The molecule has 0 bridgehead atoms. The second-order valence-corrected chi connectivity index (χ2v) is 3.09. The van der Waals surface area contributed by atoms with Gasteiger partial charge in [-0.25, -0.2) is 4.79 Å². The SMILES string of the molecule is CNC(=O)O[C@H]1CC[C@H](O)CC1. The van der Waals surface area contributed by atoms with Crippen LogP contribution < -0.4 is 5.32 Å². The van der Waals surface area contributed by atoms with Crippen LogP contribution in [0.3, 0.4) is 0 Å². The molecule has 2 N–H and O–H groups in total. The second kappa shape index (κ2) is 4.30. The maximum Gasteiger partial charge on any atom is 0.407 e. The molecule has 0 aliphatic heterocycles. The standard InChI is InChI=1S/C8H15NO3/c1-9-8(11)12-7-4-2-6(10)3-5-7/h6-7,10H,2-5H2,1H3,(H,9,11)/t6-,7-. The number of amides is 1. The lowest BCUT2D eigenvalue weighted by Gasteiger charge is -2.24. The van der Waals surface area contributed by atoms with E-state index >= 15 is 0 Å². The summed E-state index contributed by atoms with van der Waals surface area (Å²) in [5.41, 5.74) is 0. The number of nitrogens with one attached hydrogen (secondary N) is 1. The number of aliphatic hydroxyl groups is 1.